The predicted molar refractivity (Wildman–Crippen MR) is 74.9 cm³/mol. The molecule has 100 valence electrons. The van der Waals surface area contributed by atoms with Gasteiger partial charge in [-0.2, -0.15) is 10.1 Å². The molecule has 1 N–H and O–H groups in total. The molecule has 20 heavy (non-hydrogen) atoms. The Bertz CT molecular complexity index is 781. The topological polar surface area (TPSA) is 72.2 Å². The van der Waals surface area contributed by atoms with Gasteiger partial charge in [-0.3, -0.25) is 4.79 Å². The Morgan fingerprint density at radius 3 is 2.75 bits per heavy atom. The van der Waals surface area contributed by atoms with Gasteiger partial charge in [-0.15, -0.1) is 0 Å². The summed E-state index contributed by atoms with van der Waals surface area (Å²) in [5.41, 5.74) is 1.79. The van der Waals surface area contributed by atoms with Crippen molar-refractivity contribution in [2.24, 2.45) is 0 Å². The van der Waals surface area contributed by atoms with E-state index in [4.69, 9.17) is 11.6 Å². The third-order valence-electron chi connectivity index (χ3n) is 2.89. The van der Waals surface area contributed by atoms with Gasteiger partial charge in [-0.1, -0.05) is 11.6 Å². The summed E-state index contributed by atoms with van der Waals surface area (Å²) >= 11 is 5.80. The van der Waals surface area contributed by atoms with Crippen LogP contribution in [-0.4, -0.2) is 25.5 Å². The first-order valence-corrected chi connectivity index (χ1v) is 6.25. The van der Waals surface area contributed by atoms with Gasteiger partial charge in [-0.05, 0) is 31.2 Å². The second kappa shape index (κ2) is 4.90. The van der Waals surface area contributed by atoms with Gasteiger partial charge in [0, 0.05) is 16.9 Å². The van der Waals surface area contributed by atoms with Crippen LogP contribution in [0, 0.1) is 6.92 Å². The SMILES string of the molecule is Cc1c(C(=O)Nc2ccc(Cl)cc2)cnc2ncnn12. The summed E-state index contributed by atoms with van der Waals surface area (Å²) in [6.45, 7) is 1.79. The van der Waals surface area contributed by atoms with Crippen molar-refractivity contribution in [3.8, 4) is 0 Å². The fourth-order valence-electron chi connectivity index (χ4n) is 1.84. The number of aromatic nitrogens is 4. The number of anilines is 1. The Labute approximate surface area is 119 Å². The van der Waals surface area contributed by atoms with E-state index in [0.717, 1.165) is 0 Å². The molecule has 0 spiro atoms. The lowest BCUT2D eigenvalue weighted by molar-refractivity contribution is 0.102. The van der Waals surface area contributed by atoms with Crippen LogP contribution in [-0.2, 0) is 0 Å². The van der Waals surface area contributed by atoms with Crippen molar-refractivity contribution in [3.05, 3.63) is 53.1 Å². The van der Waals surface area contributed by atoms with Crippen LogP contribution in [0.3, 0.4) is 0 Å². The van der Waals surface area contributed by atoms with Crippen LogP contribution in [0.1, 0.15) is 16.1 Å². The summed E-state index contributed by atoms with van der Waals surface area (Å²) in [6.07, 6.45) is 2.89. The number of hydrogen-bond donors (Lipinski definition) is 1. The number of fused-ring (bicyclic) bond motifs is 1. The fraction of sp³-hybridized carbons (Fsp3) is 0.0769. The number of nitrogens with one attached hydrogen (secondary N) is 1. The highest BCUT2D eigenvalue weighted by atomic mass is 35.5. The standard InChI is InChI=1S/C13H10ClN5O/c1-8-11(6-15-13-16-7-17-19(8)13)12(20)18-10-4-2-9(14)3-5-10/h2-7H,1H3,(H,18,20). The predicted octanol–water partition coefficient (Wildman–Crippen LogP) is 2.34. The molecule has 2 heterocycles. The summed E-state index contributed by atoms with van der Waals surface area (Å²) in [7, 11) is 0. The fourth-order valence-corrected chi connectivity index (χ4v) is 1.97. The molecule has 0 aliphatic carbocycles. The number of halogens is 1. The second-order valence-corrected chi connectivity index (χ2v) is 4.63. The molecule has 0 radical (unpaired) electrons. The highest BCUT2D eigenvalue weighted by Gasteiger charge is 2.13. The van der Waals surface area contributed by atoms with E-state index in [1.165, 1.54) is 17.0 Å². The molecule has 0 atom stereocenters. The molecule has 2 aromatic heterocycles. The quantitative estimate of drug-likeness (QED) is 0.785. The smallest absolute Gasteiger partial charge is 0.259 e. The number of amides is 1. The minimum atomic E-state index is -0.255. The Morgan fingerprint density at radius 1 is 1.25 bits per heavy atom. The molecule has 0 fully saturated rings. The average Bonchev–Trinajstić information content (AvgIpc) is 2.91. The largest absolute Gasteiger partial charge is 0.322 e. The lowest BCUT2D eigenvalue weighted by Gasteiger charge is -2.08. The van der Waals surface area contributed by atoms with Crippen molar-refractivity contribution in [1.29, 1.82) is 0 Å². The first-order chi connectivity index (χ1) is 9.65. The van der Waals surface area contributed by atoms with Crippen molar-refractivity contribution in [1.82, 2.24) is 19.6 Å². The summed E-state index contributed by atoms with van der Waals surface area (Å²) < 4.78 is 1.52. The van der Waals surface area contributed by atoms with Gasteiger partial charge in [0.1, 0.15) is 6.33 Å². The summed E-state index contributed by atoms with van der Waals surface area (Å²) in [5, 5.41) is 7.43. The van der Waals surface area contributed by atoms with Gasteiger partial charge in [0.25, 0.3) is 11.7 Å². The molecule has 0 aliphatic rings. The first-order valence-electron chi connectivity index (χ1n) is 5.87. The van der Waals surface area contributed by atoms with E-state index in [2.05, 4.69) is 20.4 Å². The van der Waals surface area contributed by atoms with E-state index in [1.54, 1.807) is 31.2 Å². The number of rotatable bonds is 2. The van der Waals surface area contributed by atoms with Gasteiger partial charge in [-0.25, -0.2) is 9.50 Å². The zero-order valence-corrected chi connectivity index (χ0v) is 11.3. The minimum Gasteiger partial charge on any atom is -0.322 e. The molecule has 7 heteroatoms. The number of benzene rings is 1. The third-order valence-corrected chi connectivity index (χ3v) is 3.15. The molecule has 0 bridgehead atoms. The van der Waals surface area contributed by atoms with E-state index < -0.39 is 0 Å². The van der Waals surface area contributed by atoms with Gasteiger partial charge < -0.3 is 5.32 Å². The van der Waals surface area contributed by atoms with Crippen LogP contribution < -0.4 is 5.32 Å². The zero-order valence-electron chi connectivity index (χ0n) is 10.5. The molecule has 0 aliphatic heterocycles. The van der Waals surface area contributed by atoms with Crippen molar-refractivity contribution >= 4 is 29.0 Å². The average molecular weight is 288 g/mol. The van der Waals surface area contributed by atoms with E-state index in [9.17, 15) is 4.79 Å². The van der Waals surface area contributed by atoms with Gasteiger partial charge >= 0.3 is 0 Å². The van der Waals surface area contributed by atoms with Crippen molar-refractivity contribution in [3.63, 3.8) is 0 Å². The van der Waals surface area contributed by atoms with Crippen molar-refractivity contribution in [2.75, 3.05) is 5.32 Å². The van der Waals surface area contributed by atoms with Crippen molar-refractivity contribution in [2.45, 2.75) is 6.92 Å². The third kappa shape index (κ3) is 2.21. The molecule has 1 amide bonds. The lowest BCUT2D eigenvalue weighted by Crippen LogP contribution is -2.16. The number of nitrogens with zero attached hydrogens (tertiary/aromatic N) is 4. The molecule has 0 saturated carbocycles. The summed E-state index contributed by atoms with van der Waals surface area (Å²) in [4.78, 5) is 20.3. The normalized spacial score (nSPS) is 10.7. The van der Waals surface area contributed by atoms with E-state index >= 15 is 0 Å². The van der Waals surface area contributed by atoms with Crippen LogP contribution in [0.5, 0.6) is 0 Å². The van der Waals surface area contributed by atoms with Crippen LogP contribution in [0.25, 0.3) is 5.78 Å². The lowest BCUT2D eigenvalue weighted by atomic mass is 10.2. The van der Waals surface area contributed by atoms with Crippen LogP contribution in [0.4, 0.5) is 5.69 Å². The monoisotopic (exact) mass is 287 g/mol. The molecule has 0 saturated heterocycles. The Hall–Kier alpha value is -2.47. The highest BCUT2D eigenvalue weighted by Crippen LogP contribution is 2.15. The maximum absolute atomic E-state index is 12.2. The first kappa shape index (κ1) is 12.6. The minimum absolute atomic E-state index is 0.255. The highest BCUT2D eigenvalue weighted by molar-refractivity contribution is 6.30. The van der Waals surface area contributed by atoms with Crippen molar-refractivity contribution < 1.29 is 4.79 Å². The molecule has 3 aromatic rings. The Kier molecular flexibility index (Phi) is 3.08. The van der Waals surface area contributed by atoms with E-state index in [1.807, 2.05) is 0 Å². The van der Waals surface area contributed by atoms with Gasteiger partial charge in [0.15, 0.2) is 0 Å². The molecule has 3 rings (SSSR count). The summed E-state index contributed by atoms with van der Waals surface area (Å²) in [5.74, 6) is 0.209. The van der Waals surface area contributed by atoms with Crippen LogP contribution in [0.15, 0.2) is 36.8 Å². The zero-order chi connectivity index (χ0) is 14.1. The number of carbonyl (C=O) groups excluding carboxylic acids is 1. The molecular weight excluding hydrogens is 278 g/mol. The Balaban J connectivity index is 1.92. The van der Waals surface area contributed by atoms with E-state index in [-0.39, 0.29) is 5.91 Å². The second-order valence-electron chi connectivity index (χ2n) is 4.19. The Morgan fingerprint density at radius 2 is 2.00 bits per heavy atom. The molecule has 1 aromatic carbocycles. The molecule has 6 nitrogen and oxygen atoms in total. The number of aryl methyl sites for hydroxylation is 1. The van der Waals surface area contributed by atoms with Gasteiger partial charge in [0.2, 0.25) is 0 Å². The number of hydrogen-bond acceptors (Lipinski definition) is 4. The van der Waals surface area contributed by atoms with E-state index in [0.29, 0.717) is 27.7 Å². The summed E-state index contributed by atoms with van der Waals surface area (Å²) in [6, 6.07) is 6.89. The number of carbonyl (C=O) groups is 1. The van der Waals surface area contributed by atoms with Crippen LogP contribution >= 0.6 is 11.6 Å². The van der Waals surface area contributed by atoms with Crippen LogP contribution in [0.2, 0.25) is 5.02 Å². The molecule has 0 unspecified atom stereocenters. The van der Waals surface area contributed by atoms with Gasteiger partial charge in [0.05, 0.1) is 11.3 Å². The maximum Gasteiger partial charge on any atom is 0.259 e. The molecular formula is C13H10ClN5O. The maximum atomic E-state index is 12.2.